The van der Waals surface area contributed by atoms with Gasteiger partial charge in [0.1, 0.15) is 35.7 Å². The first-order chi connectivity index (χ1) is 30.4. The van der Waals surface area contributed by atoms with Gasteiger partial charge in [0.05, 0.1) is 18.8 Å². The molecule has 0 aromatic heterocycles. The third kappa shape index (κ3) is 15.4. The number of phenols is 2. The van der Waals surface area contributed by atoms with E-state index in [-0.39, 0.29) is 52.4 Å². The van der Waals surface area contributed by atoms with Crippen LogP contribution in [0, 0.1) is 0 Å². The molecule has 64 heavy (non-hydrogen) atoms. The fraction of sp³-hybridized carbons (Fsp3) is 0.578. The first-order valence-corrected chi connectivity index (χ1v) is 22.2. The molecule has 0 fully saturated rings. The predicted molar refractivity (Wildman–Crippen MR) is 239 cm³/mol. The highest BCUT2D eigenvalue weighted by Gasteiger charge is 2.34. The lowest BCUT2D eigenvalue weighted by Crippen LogP contribution is -2.59. The molecule has 3 rings (SSSR count). The molecular formula is C45H68N8O11. The van der Waals surface area contributed by atoms with Crippen LogP contribution in [0.4, 0.5) is 5.69 Å². The van der Waals surface area contributed by atoms with Gasteiger partial charge in [-0.25, -0.2) is 4.79 Å². The maximum atomic E-state index is 13.9. The number of nitrogens with two attached hydrogens (primary N) is 2. The molecule has 19 nitrogen and oxygen atoms in total. The molecule has 12 N–H and O–H groups in total. The normalized spacial score (nSPS) is 17.2. The molecule has 1 aliphatic heterocycles. The van der Waals surface area contributed by atoms with Gasteiger partial charge in [0.2, 0.25) is 29.5 Å². The number of nitrogen functional groups attached to an aromatic ring is 1. The number of amides is 6. The Hall–Kier alpha value is -5.95. The molecule has 4 bridgehead atoms. The van der Waals surface area contributed by atoms with E-state index in [4.69, 9.17) is 11.5 Å². The molecule has 2 aromatic carbocycles. The summed E-state index contributed by atoms with van der Waals surface area (Å²) in [5.74, 6) is -7.11. The number of aliphatic carboxylic acids is 1. The molecule has 0 saturated carbocycles. The summed E-state index contributed by atoms with van der Waals surface area (Å²) in [6.45, 7) is 2.03. The summed E-state index contributed by atoms with van der Waals surface area (Å²) >= 11 is 0. The van der Waals surface area contributed by atoms with Gasteiger partial charge in [-0.05, 0) is 48.7 Å². The Morgan fingerprint density at radius 2 is 1.41 bits per heavy atom. The number of anilines is 1. The molecule has 6 amide bonds. The van der Waals surface area contributed by atoms with E-state index in [0.717, 1.165) is 35.5 Å². The van der Waals surface area contributed by atoms with Gasteiger partial charge < -0.3 is 63.0 Å². The Kier molecular flexibility index (Phi) is 21.3. The van der Waals surface area contributed by atoms with Crippen molar-refractivity contribution in [2.24, 2.45) is 5.73 Å². The molecular weight excluding hydrogens is 829 g/mol. The van der Waals surface area contributed by atoms with Crippen LogP contribution in [0.1, 0.15) is 121 Å². The quantitative estimate of drug-likeness (QED) is 0.0332. The predicted octanol–water partition coefficient (Wildman–Crippen LogP) is 2.29. The van der Waals surface area contributed by atoms with E-state index in [1.54, 1.807) is 0 Å². The number of carbonyl (C=O) groups is 7. The number of carboxylic acids is 1. The van der Waals surface area contributed by atoms with Crippen molar-refractivity contribution < 1.29 is 54.0 Å². The number of rotatable bonds is 23. The first-order valence-electron chi connectivity index (χ1n) is 22.2. The summed E-state index contributed by atoms with van der Waals surface area (Å²) < 4.78 is 0. The first kappa shape index (κ1) is 52.4. The Bertz CT molecular complexity index is 1950. The molecule has 0 saturated heterocycles. The van der Waals surface area contributed by atoms with Crippen molar-refractivity contribution in [1.29, 1.82) is 0 Å². The number of aliphatic hydroxyl groups is 1. The Labute approximate surface area is 374 Å². The second kappa shape index (κ2) is 26.0. The number of aliphatic hydroxyl groups excluding tert-OH is 1. The molecule has 2 aromatic rings. The van der Waals surface area contributed by atoms with Crippen LogP contribution in [0.5, 0.6) is 11.5 Å². The fourth-order valence-corrected chi connectivity index (χ4v) is 7.50. The van der Waals surface area contributed by atoms with Crippen LogP contribution in [-0.2, 0) is 40.0 Å². The number of fused-ring (bicyclic) bond motifs is 5. The zero-order valence-electron chi connectivity index (χ0n) is 37.5. The van der Waals surface area contributed by atoms with Gasteiger partial charge in [0.15, 0.2) is 6.17 Å². The minimum Gasteiger partial charge on any atom is -0.507 e. The van der Waals surface area contributed by atoms with Gasteiger partial charge in [-0.3, -0.25) is 28.8 Å². The highest BCUT2D eigenvalue weighted by molar-refractivity contribution is 5.96. The molecule has 0 spiro atoms. The third-order valence-corrected chi connectivity index (χ3v) is 11.5. The number of carboxylic acid groups (broad SMARTS) is 1. The summed E-state index contributed by atoms with van der Waals surface area (Å²) in [5, 5.41) is 51.1. The largest absolute Gasteiger partial charge is 0.507 e. The van der Waals surface area contributed by atoms with E-state index in [1.807, 2.05) is 0 Å². The number of phenolic OH excluding ortho intramolecular Hbond substituents is 2. The van der Waals surface area contributed by atoms with Crippen molar-refractivity contribution in [3.8, 4) is 22.6 Å². The van der Waals surface area contributed by atoms with E-state index >= 15 is 0 Å². The monoisotopic (exact) mass is 897 g/mol. The molecule has 19 heteroatoms. The summed E-state index contributed by atoms with van der Waals surface area (Å²) in [4.78, 5) is 93.8. The summed E-state index contributed by atoms with van der Waals surface area (Å²) in [6, 6.07) is 0.890. The van der Waals surface area contributed by atoms with E-state index < -0.39 is 84.7 Å². The maximum Gasteiger partial charge on any atom is 0.326 e. The summed E-state index contributed by atoms with van der Waals surface area (Å²) in [6.07, 6.45) is 13.1. The zero-order chi connectivity index (χ0) is 47.5. The van der Waals surface area contributed by atoms with Crippen molar-refractivity contribution in [2.75, 3.05) is 33.0 Å². The smallest absolute Gasteiger partial charge is 0.326 e. The van der Waals surface area contributed by atoms with Gasteiger partial charge in [0, 0.05) is 38.1 Å². The number of nitrogens with zero attached hydrogens (tertiary/aromatic N) is 2. The number of unbranched alkanes of at least 4 members (excludes halogenated alkanes) is 12. The van der Waals surface area contributed by atoms with Crippen molar-refractivity contribution in [1.82, 2.24) is 31.1 Å². The number of hydrogen-bond acceptors (Lipinski definition) is 12. The lowest BCUT2D eigenvalue weighted by Gasteiger charge is -2.30. The molecule has 5 atom stereocenters. The van der Waals surface area contributed by atoms with Gasteiger partial charge in [0.25, 0.3) is 5.91 Å². The van der Waals surface area contributed by atoms with E-state index in [0.29, 0.717) is 6.42 Å². The fourth-order valence-electron chi connectivity index (χ4n) is 7.50. The summed E-state index contributed by atoms with van der Waals surface area (Å²) in [7, 11) is 2.60. The lowest BCUT2D eigenvalue weighted by molar-refractivity contribution is -0.143. The van der Waals surface area contributed by atoms with Crippen LogP contribution < -0.4 is 32.7 Å². The standard InChI is InChI=1S/C45H68N8O11/c1-5-6-7-8-9-10-11-12-13-14-15-16-17-18-36(56)52(3)34(26-54)42(60)51-40(47)44(62)48-25-37(57)53(4)38-29-19-20-35(55)30(24-29)31-21-28(22-32(46)39(31)58)23-33(45(63)64)50-41(59)27(2)49-43(38)61/h19-22,24,27,33-34,38,40,54-55,58H,5-18,23,25-26,46-47H2,1-4H3,(H,48,62)(H,49,61)(H,50,59)(H,51,60)(H,63,64). The highest BCUT2D eigenvalue weighted by Crippen LogP contribution is 2.41. The van der Waals surface area contributed by atoms with Gasteiger partial charge in [-0.15, -0.1) is 0 Å². The number of carbonyl (C=O) groups excluding carboxylic acids is 6. The minimum atomic E-state index is -1.72. The molecule has 0 aliphatic carbocycles. The van der Waals surface area contributed by atoms with Crippen molar-refractivity contribution in [2.45, 2.75) is 140 Å². The lowest BCUT2D eigenvalue weighted by atomic mass is 9.93. The van der Waals surface area contributed by atoms with E-state index in [9.17, 15) is 54.0 Å². The van der Waals surface area contributed by atoms with Gasteiger partial charge >= 0.3 is 5.97 Å². The van der Waals surface area contributed by atoms with Crippen LogP contribution in [-0.4, -0.2) is 123 Å². The number of aromatic hydroxyl groups is 2. The Morgan fingerprint density at radius 1 is 0.812 bits per heavy atom. The van der Waals surface area contributed by atoms with Crippen LogP contribution >= 0.6 is 0 Å². The molecule has 5 unspecified atom stereocenters. The second-order valence-electron chi connectivity index (χ2n) is 16.5. The van der Waals surface area contributed by atoms with Crippen LogP contribution in [0.15, 0.2) is 30.3 Å². The zero-order valence-corrected chi connectivity index (χ0v) is 37.5. The van der Waals surface area contributed by atoms with Crippen LogP contribution in [0.25, 0.3) is 11.1 Å². The molecule has 1 aliphatic rings. The van der Waals surface area contributed by atoms with Gasteiger partial charge in [-0.1, -0.05) is 90.0 Å². The number of hydrogen-bond donors (Lipinski definition) is 10. The SMILES string of the molecule is CCCCCCCCCCCCCCCC(=O)N(C)C(CO)C(=O)NC(N)C(=O)NCC(=O)N(C)C1C(=O)NC(C)C(=O)NC(C(=O)O)Cc2cc(N)c(O)c(c2)-c2cc1ccc2O. The van der Waals surface area contributed by atoms with Crippen molar-refractivity contribution in [3.63, 3.8) is 0 Å². The average molecular weight is 897 g/mol. The average Bonchev–Trinajstić information content (AvgIpc) is 3.25. The van der Waals surface area contributed by atoms with Crippen molar-refractivity contribution in [3.05, 3.63) is 41.5 Å². The molecule has 354 valence electrons. The Morgan fingerprint density at radius 3 is 1.98 bits per heavy atom. The van der Waals surface area contributed by atoms with Crippen LogP contribution in [0.2, 0.25) is 0 Å². The van der Waals surface area contributed by atoms with E-state index in [1.165, 1.54) is 103 Å². The number of nitrogens with one attached hydrogen (secondary N) is 4. The Balaban J connectivity index is 1.62. The second-order valence-corrected chi connectivity index (χ2v) is 16.5. The maximum absolute atomic E-state index is 13.9. The molecule has 1 heterocycles. The highest BCUT2D eigenvalue weighted by atomic mass is 16.4. The third-order valence-electron chi connectivity index (χ3n) is 11.5. The molecule has 0 radical (unpaired) electrons. The number of benzene rings is 2. The number of likely N-dealkylation sites (N-methyl/N-ethyl adjacent to an activating group) is 2. The van der Waals surface area contributed by atoms with Crippen molar-refractivity contribution >= 4 is 47.1 Å². The van der Waals surface area contributed by atoms with E-state index in [2.05, 4.69) is 28.2 Å². The summed E-state index contributed by atoms with van der Waals surface area (Å²) in [5.41, 5.74) is 12.2. The topological polar surface area (TPSA) is 307 Å². The van der Waals surface area contributed by atoms with Gasteiger partial charge in [-0.2, -0.15) is 0 Å². The minimum absolute atomic E-state index is 0.0219. The van der Waals surface area contributed by atoms with Crippen LogP contribution in [0.3, 0.4) is 0 Å².